The van der Waals surface area contributed by atoms with E-state index in [2.05, 4.69) is 33.1 Å². The standard InChI is InChI=1S/C13H18O.3C2H6/c1-5-7-8-12-9-13(3,4)14-10-11(12)6-2;3*1-2/h5-8H,1-2,9-10H2,3-4H3;3*1-2H3/b8-7-;;;. The first kappa shape index (κ1) is 24.0. The molecule has 0 saturated carbocycles. The van der Waals surface area contributed by atoms with Gasteiger partial charge < -0.3 is 4.74 Å². The lowest BCUT2D eigenvalue weighted by Gasteiger charge is -2.31. The van der Waals surface area contributed by atoms with Gasteiger partial charge in [-0.05, 0) is 25.0 Å². The zero-order valence-corrected chi connectivity index (χ0v) is 15.0. The SMILES string of the molecule is C=C/C=C\C1=C(C=C)COC(C)(C)C1.CC.CC.CC. The third kappa shape index (κ3) is 10.8. The molecule has 0 spiro atoms. The van der Waals surface area contributed by atoms with Gasteiger partial charge in [-0.1, -0.05) is 79.0 Å². The van der Waals surface area contributed by atoms with Gasteiger partial charge >= 0.3 is 0 Å². The van der Waals surface area contributed by atoms with Crippen LogP contribution >= 0.6 is 0 Å². The molecule has 1 rings (SSSR count). The highest BCUT2D eigenvalue weighted by Crippen LogP contribution is 2.29. The molecule has 0 atom stereocenters. The van der Waals surface area contributed by atoms with Gasteiger partial charge in [-0.2, -0.15) is 0 Å². The van der Waals surface area contributed by atoms with E-state index < -0.39 is 0 Å². The quantitative estimate of drug-likeness (QED) is 0.537. The van der Waals surface area contributed by atoms with Gasteiger partial charge in [-0.25, -0.2) is 0 Å². The summed E-state index contributed by atoms with van der Waals surface area (Å²) in [4.78, 5) is 0. The van der Waals surface area contributed by atoms with Crippen LogP contribution in [0.5, 0.6) is 0 Å². The predicted octanol–water partition coefficient (Wildman–Crippen LogP) is 6.49. The summed E-state index contributed by atoms with van der Waals surface area (Å²) in [6, 6.07) is 0. The molecule has 0 aromatic heterocycles. The van der Waals surface area contributed by atoms with Crippen LogP contribution in [0.4, 0.5) is 0 Å². The molecule has 0 radical (unpaired) electrons. The molecule has 0 fully saturated rings. The first-order chi connectivity index (χ1) is 9.59. The average Bonchev–Trinajstić information content (AvgIpc) is 2.50. The Bertz CT molecular complexity index is 293. The Morgan fingerprint density at radius 1 is 0.950 bits per heavy atom. The molecule has 1 nitrogen and oxygen atoms in total. The maximum absolute atomic E-state index is 5.69. The second-order valence-corrected chi connectivity index (χ2v) is 4.07. The Morgan fingerprint density at radius 3 is 1.85 bits per heavy atom. The molecule has 0 saturated heterocycles. The smallest absolute Gasteiger partial charge is 0.0726 e. The Labute approximate surface area is 128 Å². The minimum Gasteiger partial charge on any atom is -0.371 e. The van der Waals surface area contributed by atoms with Crippen LogP contribution in [0.25, 0.3) is 0 Å². The fraction of sp³-hybridized carbons (Fsp3) is 0.579. The zero-order valence-electron chi connectivity index (χ0n) is 15.0. The molecular weight excluding hydrogens is 244 g/mol. The van der Waals surface area contributed by atoms with Crippen molar-refractivity contribution in [3.8, 4) is 0 Å². The van der Waals surface area contributed by atoms with Crippen molar-refractivity contribution in [2.24, 2.45) is 0 Å². The maximum atomic E-state index is 5.69. The molecule has 0 aromatic rings. The minimum absolute atomic E-state index is 0.0621. The van der Waals surface area contributed by atoms with Crippen molar-refractivity contribution in [2.45, 2.75) is 67.4 Å². The molecule has 0 aliphatic carbocycles. The molecule has 0 aromatic carbocycles. The normalized spacial score (nSPS) is 15.8. The van der Waals surface area contributed by atoms with Gasteiger partial charge in [-0.15, -0.1) is 0 Å². The number of allylic oxidation sites excluding steroid dienone is 3. The Kier molecular flexibility index (Phi) is 19.1. The molecule has 1 aliphatic rings. The van der Waals surface area contributed by atoms with Gasteiger partial charge in [0.2, 0.25) is 0 Å². The van der Waals surface area contributed by atoms with E-state index in [1.165, 1.54) is 11.1 Å². The molecule has 1 aliphatic heterocycles. The van der Waals surface area contributed by atoms with Crippen LogP contribution in [0, 0.1) is 0 Å². The monoisotopic (exact) mass is 280 g/mol. The van der Waals surface area contributed by atoms with Gasteiger partial charge in [0, 0.05) is 6.42 Å². The van der Waals surface area contributed by atoms with Gasteiger partial charge in [0.25, 0.3) is 0 Å². The van der Waals surface area contributed by atoms with Crippen LogP contribution < -0.4 is 0 Å². The van der Waals surface area contributed by atoms with Crippen LogP contribution in [0.15, 0.2) is 48.6 Å². The summed E-state index contributed by atoms with van der Waals surface area (Å²) in [5.41, 5.74) is 2.42. The highest BCUT2D eigenvalue weighted by atomic mass is 16.5. The van der Waals surface area contributed by atoms with Gasteiger partial charge in [-0.3, -0.25) is 0 Å². The Morgan fingerprint density at radius 2 is 1.45 bits per heavy atom. The van der Waals surface area contributed by atoms with Crippen molar-refractivity contribution in [3.63, 3.8) is 0 Å². The number of hydrogen-bond acceptors (Lipinski definition) is 1. The van der Waals surface area contributed by atoms with Crippen molar-refractivity contribution in [3.05, 3.63) is 48.6 Å². The molecule has 0 N–H and O–H groups in total. The van der Waals surface area contributed by atoms with E-state index >= 15 is 0 Å². The van der Waals surface area contributed by atoms with Gasteiger partial charge in [0.1, 0.15) is 0 Å². The summed E-state index contributed by atoms with van der Waals surface area (Å²) in [7, 11) is 0. The van der Waals surface area contributed by atoms with Gasteiger partial charge in [0.15, 0.2) is 0 Å². The van der Waals surface area contributed by atoms with Crippen molar-refractivity contribution in [1.82, 2.24) is 0 Å². The number of hydrogen-bond donors (Lipinski definition) is 0. The van der Waals surface area contributed by atoms with Crippen LogP contribution in [0.2, 0.25) is 0 Å². The zero-order chi connectivity index (χ0) is 16.6. The molecular formula is C19H36O. The molecule has 1 heteroatoms. The van der Waals surface area contributed by atoms with E-state index in [9.17, 15) is 0 Å². The van der Waals surface area contributed by atoms with E-state index in [1.807, 2.05) is 53.7 Å². The Hall–Kier alpha value is -1.08. The third-order valence-corrected chi connectivity index (χ3v) is 2.33. The summed E-state index contributed by atoms with van der Waals surface area (Å²) in [5.74, 6) is 0. The lowest BCUT2D eigenvalue weighted by Crippen LogP contribution is -2.30. The average molecular weight is 280 g/mol. The van der Waals surface area contributed by atoms with E-state index in [4.69, 9.17) is 4.74 Å². The molecule has 1 heterocycles. The van der Waals surface area contributed by atoms with Crippen molar-refractivity contribution in [1.29, 1.82) is 0 Å². The second-order valence-electron chi connectivity index (χ2n) is 4.07. The Balaban J connectivity index is -0.000000425. The molecule has 118 valence electrons. The first-order valence-corrected chi connectivity index (χ1v) is 7.86. The number of ether oxygens (including phenoxy) is 1. The van der Waals surface area contributed by atoms with Gasteiger partial charge in [0.05, 0.1) is 12.2 Å². The second kappa shape index (κ2) is 16.0. The predicted molar refractivity (Wildman–Crippen MR) is 95.3 cm³/mol. The fourth-order valence-electron chi connectivity index (χ4n) is 1.53. The summed E-state index contributed by atoms with van der Waals surface area (Å²) in [6.07, 6.45) is 8.64. The van der Waals surface area contributed by atoms with E-state index in [1.54, 1.807) is 6.08 Å². The summed E-state index contributed by atoms with van der Waals surface area (Å²) in [6.45, 7) is 24.3. The van der Waals surface area contributed by atoms with Crippen LogP contribution in [-0.2, 0) is 4.74 Å². The number of rotatable bonds is 3. The highest BCUT2D eigenvalue weighted by molar-refractivity contribution is 5.36. The minimum atomic E-state index is -0.0621. The maximum Gasteiger partial charge on any atom is 0.0726 e. The third-order valence-electron chi connectivity index (χ3n) is 2.33. The molecule has 20 heavy (non-hydrogen) atoms. The van der Waals surface area contributed by atoms with E-state index in [0.29, 0.717) is 6.61 Å². The highest BCUT2D eigenvalue weighted by Gasteiger charge is 2.25. The largest absolute Gasteiger partial charge is 0.371 e. The topological polar surface area (TPSA) is 9.23 Å². The summed E-state index contributed by atoms with van der Waals surface area (Å²) >= 11 is 0. The van der Waals surface area contributed by atoms with Crippen molar-refractivity contribution >= 4 is 0 Å². The lowest BCUT2D eigenvalue weighted by molar-refractivity contribution is -0.0119. The molecule has 0 amide bonds. The lowest BCUT2D eigenvalue weighted by atomic mass is 9.91. The van der Waals surface area contributed by atoms with Crippen molar-refractivity contribution in [2.75, 3.05) is 6.61 Å². The summed E-state index contributed by atoms with van der Waals surface area (Å²) < 4.78 is 5.69. The van der Waals surface area contributed by atoms with Crippen LogP contribution in [0.1, 0.15) is 61.8 Å². The van der Waals surface area contributed by atoms with Crippen molar-refractivity contribution < 1.29 is 4.74 Å². The van der Waals surface area contributed by atoms with E-state index in [0.717, 1.165) is 6.42 Å². The summed E-state index contributed by atoms with van der Waals surface area (Å²) in [5, 5.41) is 0. The van der Waals surface area contributed by atoms with E-state index in [-0.39, 0.29) is 5.60 Å². The molecule has 0 unspecified atom stereocenters. The fourth-order valence-corrected chi connectivity index (χ4v) is 1.53. The van der Waals surface area contributed by atoms with Crippen LogP contribution in [0.3, 0.4) is 0 Å². The first-order valence-electron chi connectivity index (χ1n) is 7.86. The van der Waals surface area contributed by atoms with Crippen LogP contribution in [-0.4, -0.2) is 12.2 Å². The molecule has 0 bridgehead atoms.